The third-order valence-corrected chi connectivity index (χ3v) is 7.14. The van der Waals surface area contributed by atoms with E-state index in [-0.39, 0.29) is 29.7 Å². The predicted molar refractivity (Wildman–Crippen MR) is 137 cm³/mol. The summed E-state index contributed by atoms with van der Waals surface area (Å²) in [5.74, 6) is 0.382. The topological polar surface area (TPSA) is 93.0 Å². The van der Waals surface area contributed by atoms with Crippen LogP contribution in [-0.4, -0.2) is 45.5 Å². The second kappa shape index (κ2) is 10.8. The number of piperidine rings is 1. The van der Waals surface area contributed by atoms with Crippen molar-refractivity contribution in [2.45, 2.75) is 19.4 Å². The highest BCUT2D eigenvalue weighted by molar-refractivity contribution is 7.13. The van der Waals surface area contributed by atoms with E-state index in [9.17, 15) is 14.0 Å². The van der Waals surface area contributed by atoms with Gasteiger partial charge in [-0.3, -0.25) is 9.59 Å². The fourth-order valence-electron chi connectivity index (χ4n) is 4.23. The average Bonchev–Trinajstić information content (AvgIpc) is 3.46. The van der Waals surface area contributed by atoms with E-state index in [2.05, 4.69) is 25.5 Å². The lowest BCUT2D eigenvalue weighted by Gasteiger charge is -2.31. The monoisotopic (exact) mass is 504 g/mol. The first-order valence-corrected chi connectivity index (χ1v) is 12.7. The molecule has 0 aliphatic carbocycles. The smallest absolute Gasteiger partial charge is 0.266 e. The van der Waals surface area contributed by atoms with Crippen molar-refractivity contribution in [3.8, 4) is 21.8 Å². The Morgan fingerprint density at radius 1 is 1.00 bits per heavy atom. The SMILES string of the molecule is O=C(NCCn1nc(-c2ccc(F)cc2)ccc1=O)C1CCN(c2ccc(-c3cccs3)nn2)CC1. The Balaban J connectivity index is 1.11. The summed E-state index contributed by atoms with van der Waals surface area (Å²) in [5, 5.41) is 18.0. The first kappa shape index (κ1) is 23.8. The maximum absolute atomic E-state index is 13.2. The van der Waals surface area contributed by atoms with Crippen molar-refractivity contribution < 1.29 is 9.18 Å². The van der Waals surface area contributed by atoms with E-state index in [1.807, 2.05) is 29.6 Å². The Morgan fingerprint density at radius 2 is 1.78 bits per heavy atom. The number of hydrogen-bond donors (Lipinski definition) is 1. The van der Waals surface area contributed by atoms with Crippen LogP contribution >= 0.6 is 11.3 Å². The lowest BCUT2D eigenvalue weighted by Crippen LogP contribution is -2.42. The number of amides is 1. The molecule has 0 unspecified atom stereocenters. The number of carbonyl (C=O) groups excluding carboxylic acids is 1. The molecule has 1 aliphatic rings. The Labute approximate surface area is 211 Å². The van der Waals surface area contributed by atoms with E-state index in [4.69, 9.17) is 0 Å². The molecule has 4 aromatic rings. The Hall–Kier alpha value is -3.92. The van der Waals surface area contributed by atoms with Gasteiger partial charge in [-0.15, -0.1) is 21.5 Å². The number of nitrogens with one attached hydrogen (secondary N) is 1. The number of halogens is 1. The lowest BCUT2D eigenvalue weighted by molar-refractivity contribution is -0.125. The van der Waals surface area contributed by atoms with E-state index in [1.54, 1.807) is 29.5 Å². The molecule has 10 heteroatoms. The highest BCUT2D eigenvalue weighted by atomic mass is 32.1. The van der Waals surface area contributed by atoms with E-state index in [0.29, 0.717) is 17.8 Å². The summed E-state index contributed by atoms with van der Waals surface area (Å²) in [7, 11) is 0. The van der Waals surface area contributed by atoms with Gasteiger partial charge in [0.2, 0.25) is 5.91 Å². The van der Waals surface area contributed by atoms with Gasteiger partial charge in [0.05, 0.1) is 17.1 Å². The van der Waals surface area contributed by atoms with Crippen molar-refractivity contribution in [2.24, 2.45) is 5.92 Å². The van der Waals surface area contributed by atoms with Gasteiger partial charge in [-0.05, 0) is 66.8 Å². The van der Waals surface area contributed by atoms with Gasteiger partial charge in [0.1, 0.15) is 11.5 Å². The van der Waals surface area contributed by atoms with Gasteiger partial charge in [0.25, 0.3) is 5.56 Å². The normalized spacial score (nSPS) is 14.1. The van der Waals surface area contributed by atoms with Crippen LogP contribution in [0.15, 0.2) is 70.8 Å². The largest absolute Gasteiger partial charge is 0.355 e. The number of nitrogens with zero attached hydrogens (tertiary/aromatic N) is 5. The van der Waals surface area contributed by atoms with E-state index >= 15 is 0 Å². The quantitative estimate of drug-likeness (QED) is 0.414. The molecular weight excluding hydrogens is 479 g/mol. The molecule has 1 saturated heterocycles. The standard InChI is InChI=1S/C26H25FN6O2S/c27-20-5-3-18(4-6-20)21-8-10-25(34)33(31-21)16-13-28-26(35)19-11-14-32(15-12-19)24-9-7-22(29-30-24)23-2-1-17-36-23/h1-10,17,19H,11-16H2,(H,28,35). The minimum Gasteiger partial charge on any atom is -0.355 e. The van der Waals surface area contributed by atoms with Gasteiger partial charge < -0.3 is 10.2 Å². The third-order valence-electron chi connectivity index (χ3n) is 6.24. The summed E-state index contributed by atoms with van der Waals surface area (Å²) < 4.78 is 14.5. The van der Waals surface area contributed by atoms with Gasteiger partial charge in [-0.1, -0.05) is 6.07 Å². The van der Waals surface area contributed by atoms with Gasteiger partial charge in [0, 0.05) is 37.2 Å². The average molecular weight is 505 g/mol. The van der Waals surface area contributed by atoms with Gasteiger partial charge in [-0.2, -0.15) is 5.10 Å². The van der Waals surface area contributed by atoms with Crippen molar-refractivity contribution in [2.75, 3.05) is 24.5 Å². The lowest BCUT2D eigenvalue weighted by atomic mass is 9.96. The Kier molecular flexibility index (Phi) is 7.13. The number of carbonyl (C=O) groups is 1. The molecule has 1 aliphatic heterocycles. The molecule has 1 aromatic carbocycles. The summed E-state index contributed by atoms with van der Waals surface area (Å²) in [5.41, 5.74) is 1.89. The molecule has 5 rings (SSSR count). The zero-order chi connectivity index (χ0) is 24.9. The number of benzene rings is 1. The van der Waals surface area contributed by atoms with Crippen LogP contribution in [0.2, 0.25) is 0 Å². The summed E-state index contributed by atoms with van der Waals surface area (Å²) in [6, 6.07) is 16.9. The minimum absolute atomic E-state index is 0.0171. The molecule has 0 spiro atoms. The summed E-state index contributed by atoms with van der Waals surface area (Å²) in [6.07, 6.45) is 1.44. The number of rotatable bonds is 7. The van der Waals surface area contributed by atoms with E-state index < -0.39 is 0 Å². The maximum Gasteiger partial charge on any atom is 0.266 e. The van der Waals surface area contributed by atoms with Crippen LogP contribution in [0.3, 0.4) is 0 Å². The number of thiophene rings is 1. The maximum atomic E-state index is 13.2. The number of aromatic nitrogens is 4. The molecule has 1 N–H and O–H groups in total. The molecule has 0 bridgehead atoms. The van der Waals surface area contributed by atoms with Crippen LogP contribution < -0.4 is 15.8 Å². The zero-order valence-corrected chi connectivity index (χ0v) is 20.3. The van der Waals surface area contributed by atoms with Gasteiger partial charge in [-0.25, -0.2) is 9.07 Å². The van der Waals surface area contributed by atoms with Crippen molar-refractivity contribution in [1.29, 1.82) is 0 Å². The molecule has 1 fully saturated rings. The number of anilines is 1. The molecule has 3 aromatic heterocycles. The molecule has 0 radical (unpaired) electrons. The summed E-state index contributed by atoms with van der Waals surface area (Å²) in [6.45, 7) is 2.01. The van der Waals surface area contributed by atoms with Crippen molar-refractivity contribution in [3.63, 3.8) is 0 Å². The van der Waals surface area contributed by atoms with Gasteiger partial charge in [0.15, 0.2) is 5.82 Å². The van der Waals surface area contributed by atoms with Crippen molar-refractivity contribution in [1.82, 2.24) is 25.3 Å². The number of hydrogen-bond acceptors (Lipinski definition) is 7. The highest BCUT2D eigenvalue weighted by Crippen LogP contribution is 2.25. The molecule has 184 valence electrons. The molecule has 36 heavy (non-hydrogen) atoms. The molecule has 0 saturated carbocycles. The first-order chi connectivity index (χ1) is 17.6. The predicted octanol–water partition coefficient (Wildman–Crippen LogP) is 3.60. The van der Waals surface area contributed by atoms with Crippen LogP contribution in [0.5, 0.6) is 0 Å². The first-order valence-electron chi connectivity index (χ1n) is 11.8. The van der Waals surface area contributed by atoms with Gasteiger partial charge >= 0.3 is 0 Å². The van der Waals surface area contributed by atoms with E-state index in [1.165, 1.54) is 22.9 Å². The highest BCUT2D eigenvalue weighted by Gasteiger charge is 2.25. The van der Waals surface area contributed by atoms with Crippen LogP contribution in [0.4, 0.5) is 10.2 Å². The second-order valence-corrected chi connectivity index (χ2v) is 9.54. The molecule has 1 amide bonds. The summed E-state index contributed by atoms with van der Waals surface area (Å²) >= 11 is 1.63. The van der Waals surface area contributed by atoms with Crippen molar-refractivity contribution in [3.05, 3.63) is 82.2 Å². The van der Waals surface area contributed by atoms with E-state index in [0.717, 1.165) is 42.3 Å². The second-order valence-electron chi connectivity index (χ2n) is 8.59. The molecule has 0 atom stereocenters. The van der Waals surface area contributed by atoms with Crippen LogP contribution in [-0.2, 0) is 11.3 Å². The molecule has 8 nitrogen and oxygen atoms in total. The summed E-state index contributed by atoms with van der Waals surface area (Å²) in [4.78, 5) is 28.2. The Bertz CT molecular complexity index is 1370. The zero-order valence-electron chi connectivity index (χ0n) is 19.5. The van der Waals surface area contributed by atoms with Crippen LogP contribution in [0, 0.1) is 11.7 Å². The molecule has 4 heterocycles. The third kappa shape index (κ3) is 5.49. The molecular formula is C26H25FN6O2S. The Morgan fingerprint density at radius 3 is 2.47 bits per heavy atom. The van der Waals surface area contributed by atoms with Crippen LogP contribution in [0.1, 0.15) is 12.8 Å². The fourth-order valence-corrected chi connectivity index (χ4v) is 4.92. The van der Waals surface area contributed by atoms with Crippen LogP contribution in [0.25, 0.3) is 21.8 Å². The van der Waals surface area contributed by atoms with Crippen molar-refractivity contribution >= 4 is 23.1 Å². The minimum atomic E-state index is -0.333. The fraction of sp³-hybridized carbons (Fsp3) is 0.269.